The minimum atomic E-state index is 0.917. The van der Waals surface area contributed by atoms with Crippen molar-refractivity contribution in [3.05, 3.63) is 33.4 Å². The van der Waals surface area contributed by atoms with Crippen molar-refractivity contribution in [3.63, 3.8) is 0 Å². The number of piperidine rings is 1. The van der Waals surface area contributed by atoms with E-state index in [9.17, 15) is 0 Å². The van der Waals surface area contributed by atoms with Crippen molar-refractivity contribution in [2.45, 2.75) is 60.9 Å². The minimum Gasteiger partial charge on any atom is -0.299 e. The van der Waals surface area contributed by atoms with Crippen LogP contribution in [0.5, 0.6) is 0 Å². The lowest BCUT2D eigenvalue weighted by molar-refractivity contribution is 0.184. The van der Waals surface area contributed by atoms with E-state index in [4.69, 9.17) is 0 Å². The maximum absolute atomic E-state index is 2.64. The Kier molecular flexibility index (Phi) is 4.35. The number of likely N-dealkylation sites (tertiary alicyclic amines) is 1. The average molecular weight is 259 g/mol. The molecule has 0 atom stereocenters. The summed E-state index contributed by atoms with van der Waals surface area (Å²) in [6.07, 6.45) is 2.73. The molecule has 0 aromatic heterocycles. The molecular formula is C18H29N. The van der Waals surface area contributed by atoms with Crippen LogP contribution in [-0.4, -0.2) is 18.0 Å². The molecule has 1 aliphatic rings. The molecule has 0 bridgehead atoms. The number of hydrogen-bond donors (Lipinski definition) is 0. The van der Waals surface area contributed by atoms with Gasteiger partial charge in [-0.25, -0.2) is 0 Å². The summed E-state index contributed by atoms with van der Waals surface area (Å²) in [7, 11) is 0. The molecule has 1 heteroatoms. The van der Waals surface area contributed by atoms with Crippen LogP contribution in [0.25, 0.3) is 0 Å². The third kappa shape index (κ3) is 2.86. The van der Waals surface area contributed by atoms with Gasteiger partial charge in [0.25, 0.3) is 0 Å². The van der Waals surface area contributed by atoms with Crippen LogP contribution in [0.1, 0.15) is 53.1 Å². The van der Waals surface area contributed by atoms with Crippen LogP contribution < -0.4 is 0 Å². The number of benzene rings is 1. The Hall–Kier alpha value is -0.820. The van der Waals surface area contributed by atoms with E-state index in [1.807, 2.05) is 0 Å². The summed E-state index contributed by atoms with van der Waals surface area (Å²) in [4.78, 5) is 2.64. The van der Waals surface area contributed by atoms with Gasteiger partial charge in [0.05, 0.1) is 0 Å². The first-order chi connectivity index (χ1) is 8.91. The van der Waals surface area contributed by atoms with Crippen LogP contribution in [-0.2, 0) is 6.54 Å². The fourth-order valence-corrected chi connectivity index (χ4v) is 3.26. The second-order valence-corrected chi connectivity index (χ2v) is 6.56. The summed E-state index contributed by atoms with van der Waals surface area (Å²) in [5.74, 6) is 0.917. The standard InChI is InChI=1S/C18H29N/c1-12-7-9-19(10-8-12)11-18-16(5)14(3)13(2)15(4)17(18)6/h12H,7-11H2,1-6H3. The second-order valence-electron chi connectivity index (χ2n) is 6.56. The molecule has 106 valence electrons. The van der Waals surface area contributed by atoms with Crippen molar-refractivity contribution in [1.82, 2.24) is 4.90 Å². The van der Waals surface area contributed by atoms with Crippen LogP contribution in [0.4, 0.5) is 0 Å². The molecule has 19 heavy (non-hydrogen) atoms. The van der Waals surface area contributed by atoms with E-state index in [0.717, 1.165) is 12.5 Å². The fraction of sp³-hybridized carbons (Fsp3) is 0.667. The summed E-state index contributed by atoms with van der Waals surface area (Å²) < 4.78 is 0. The molecule has 0 radical (unpaired) electrons. The van der Waals surface area contributed by atoms with E-state index in [1.54, 1.807) is 5.56 Å². The largest absolute Gasteiger partial charge is 0.299 e. The van der Waals surface area contributed by atoms with Gasteiger partial charge in [0.15, 0.2) is 0 Å². The highest BCUT2D eigenvalue weighted by molar-refractivity contribution is 5.49. The Labute approximate surface area is 119 Å². The number of rotatable bonds is 2. The normalized spacial score (nSPS) is 18.0. The molecule has 1 aromatic rings. The van der Waals surface area contributed by atoms with Crippen LogP contribution in [0.3, 0.4) is 0 Å². The van der Waals surface area contributed by atoms with E-state index in [2.05, 4.69) is 46.4 Å². The molecule has 1 nitrogen and oxygen atoms in total. The van der Waals surface area contributed by atoms with Crippen LogP contribution in [0.15, 0.2) is 0 Å². The Bertz CT molecular complexity index is 436. The summed E-state index contributed by atoms with van der Waals surface area (Å²) >= 11 is 0. The van der Waals surface area contributed by atoms with Gasteiger partial charge in [0.2, 0.25) is 0 Å². The van der Waals surface area contributed by atoms with Crippen LogP contribution in [0, 0.1) is 40.5 Å². The van der Waals surface area contributed by atoms with Gasteiger partial charge >= 0.3 is 0 Å². The van der Waals surface area contributed by atoms with Gasteiger partial charge in [-0.15, -0.1) is 0 Å². The van der Waals surface area contributed by atoms with E-state index < -0.39 is 0 Å². The molecule has 1 fully saturated rings. The maximum atomic E-state index is 2.64. The molecule has 0 unspecified atom stereocenters. The molecule has 0 spiro atoms. The topological polar surface area (TPSA) is 3.24 Å². The first kappa shape index (κ1) is 14.6. The fourth-order valence-electron chi connectivity index (χ4n) is 3.26. The summed E-state index contributed by atoms with van der Waals surface area (Å²) in [6, 6.07) is 0. The zero-order valence-corrected chi connectivity index (χ0v) is 13.6. The van der Waals surface area contributed by atoms with Gasteiger partial charge in [-0.2, -0.15) is 0 Å². The second kappa shape index (κ2) is 5.66. The van der Waals surface area contributed by atoms with Gasteiger partial charge in [-0.1, -0.05) is 6.92 Å². The van der Waals surface area contributed by atoms with Gasteiger partial charge in [0.1, 0.15) is 0 Å². The molecule has 0 aliphatic carbocycles. The summed E-state index contributed by atoms with van der Waals surface area (Å²) in [5, 5.41) is 0. The molecule has 0 saturated carbocycles. The van der Waals surface area contributed by atoms with Crippen molar-refractivity contribution >= 4 is 0 Å². The third-order valence-corrected chi connectivity index (χ3v) is 5.41. The predicted molar refractivity (Wildman–Crippen MR) is 83.8 cm³/mol. The Balaban J connectivity index is 2.25. The van der Waals surface area contributed by atoms with Crippen molar-refractivity contribution in [2.24, 2.45) is 5.92 Å². The van der Waals surface area contributed by atoms with E-state index in [-0.39, 0.29) is 0 Å². The number of nitrogens with zero attached hydrogens (tertiary/aromatic N) is 1. The molecular weight excluding hydrogens is 230 g/mol. The zero-order chi connectivity index (χ0) is 14.2. The van der Waals surface area contributed by atoms with Crippen molar-refractivity contribution in [3.8, 4) is 0 Å². The molecule has 1 heterocycles. The van der Waals surface area contributed by atoms with Crippen molar-refractivity contribution < 1.29 is 0 Å². The monoisotopic (exact) mass is 259 g/mol. The SMILES string of the molecule is Cc1c(C)c(C)c(CN2CCC(C)CC2)c(C)c1C. The average Bonchev–Trinajstić information content (AvgIpc) is 2.41. The molecule has 1 aliphatic heterocycles. The van der Waals surface area contributed by atoms with Crippen molar-refractivity contribution in [1.29, 1.82) is 0 Å². The van der Waals surface area contributed by atoms with E-state index in [1.165, 1.54) is 53.7 Å². The quantitative estimate of drug-likeness (QED) is 0.758. The molecule has 1 aromatic carbocycles. The van der Waals surface area contributed by atoms with Crippen LogP contribution >= 0.6 is 0 Å². The molecule has 0 amide bonds. The Morgan fingerprint density at radius 1 is 0.789 bits per heavy atom. The summed E-state index contributed by atoms with van der Waals surface area (Å²) in [5.41, 5.74) is 9.06. The van der Waals surface area contributed by atoms with Crippen molar-refractivity contribution in [2.75, 3.05) is 13.1 Å². The number of hydrogen-bond acceptors (Lipinski definition) is 1. The lowest BCUT2D eigenvalue weighted by Crippen LogP contribution is -2.33. The highest BCUT2D eigenvalue weighted by Crippen LogP contribution is 2.28. The van der Waals surface area contributed by atoms with Crippen LogP contribution in [0.2, 0.25) is 0 Å². The zero-order valence-electron chi connectivity index (χ0n) is 13.6. The Morgan fingerprint density at radius 2 is 1.21 bits per heavy atom. The van der Waals surface area contributed by atoms with E-state index >= 15 is 0 Å². The third-order valence-electron chi connectivity index (χ3n) is 5.41. The minimum absolute atomic E-state index is 0.917. The Morgan fingerprint density at radius 3 is 1.68 bits per heavy atom. The predicted octanol–water partition coefficient (Wildman–Crippen LogP) is 4.46. The van der Waals surface area contributed by atoms with E-state index in [0.29, 0.717) is 0 Å². The van der Waals surface area contributed by atoms with Gasteiger partial charge in [0, 0.05) is 6.54 Å². The first-order valence-corrected chi connectivity index (χ1v) is 7.70. The molecule has 0 N–H and O–H groups in total. The van der Waals surface area contributed by atoms with Gasteiger partial charge in [-0.3, -0.25) is 4.90 Å². The molecule has 2 rings (SSSR count). The first-order valence-electron chi connectivity index (χ1n) is 7.70. The summed E-state index contributed by atoms with van der Waals surface area (Å²) in [6.45, 7) is 17.5. The highest BCUT2D eigenvalue weighted by atomic mass is 15.1. The smallest absolute Gasteiger partial charge is 0.0239 e. The lowest BCUT2D eigenvalue weighted by atomic mass is 9.89. The molecule has 1 saturated heterocycles. The maximum Gasteiger partial charge on any atom is 0.0239 e. The lowest BCUT2D eigenvalue weighted by Gasteiger charge is -2.32. The van der Waals surface area contributed by atoms with Gasteiger partial charge < -0.3 is 0 Å². The van der Waals surface area contributed by atoms with Gasteiger partial charge in [-0.05, 0) is 99.8 Å². The highest BCUT2D eigenvalue weighted by Gasteiger charge is 2.19.